The molecule has 0 spiro atoms. The summed E-state index contributed by atoms with van der Waals surface area (Å²) in [7, 11) is 0. The summed E-state index contributed by atoms with van der Waals surface area (Å²) in [6, 6.07) is -0.0530. The van der Waals surface area contributed by atoms with Crippen LogP contribution in [0.3, 0.4) is 0 Å². The van der Waals surface area contributed by atoms with Gasteiger partial charge in [-0.15, -0.1) is 12.4 Å². The molecule has 1 saturated heterocycles. The molecule has 1 aromatic heterocycles. The van der Waals surface area contributed by atoms with Gasteiger partial charge in [-0.05, 0) is 24.8 Å². The van der Waals surface area contributed by atoms with Crippen LogP contribution in [0.4, 0.5) is 0 Å². The fraction of sp³-hybridized carbons (Fsp3) is 0.714. The monoisotopic (exact) mass is 298 g/mol. The normalized spacial score (nSPS) is 24.7. The number of rotatable bonds is 1. The second-order valence-electron chi connectivity index (χ2n) is 6.28. The van der Waals surface area contributed by atoms with Gasteiger partial charge in [0.25, 0.3) is 0 Å². The van der Waals surface area contributed by atoms with Crippen molar-refractivity contribution in [2.24, 2.45) is 5.41 Å². The Labute approximate surface area is 126 Å². The molecule has 1 fully saturated rings. The van der Waals surface area contributed by atoms with Crippen LogP contribution < -0.4 is 5.32 Å². The lowest BCUT2D eigenvalue weighted by atomic mass is 9.77. The molecule has 1 amide bonds. The Balaban J connectivity index is 0.00000147. The van der Waals surface area contributed by atoms with Crippen molar-refractivity contribution in [3.8, 4) is 0 Å². The van der Waals surface area contributed by atoms with Gasteiger partial charge in [0.2, 0.25) is 5.91 Å². The number of hydrogen-bond acceptors (Lipinski definition) is 3. The third kappa shape index (κ3) is 2.69. The molecule has 0 radical (unpaired) electrons. The van der Waals surface area contributed by atoms with Crippen molar-refractivity contribution < 1.29 is 4.79 Å². The van der Waals surface area contributed by atoms with Crippen LogP contribution in [-0.2, 0) is 17.9 Å². The topological polar surface area (TPSA) is 50.2 Å². The van der Waals surface area contributed by atoms with E-state index in [0.29, 0.717) is 6.54 Å². The van der Waals surface area contributed by atoms with Crippen LogP contribution in [0.1, 0.15) is 32.5 Å². The molecule has 1 atom stereocenters. The number of piperidine rings is 1. The Bertz CT molecular complexity index is 485. The third-order valence-electron chi connectivity index (χ3n) is 4.43. The van der Waals surface area contributed by atoms with Crippen LogP contribution in [0, 0.1) is 5.41 Å². The molecule has 3 rings (SSSR count). The zero-order chi connectivity index (χ0) is 13.5. The zero-order valence-electron chi connectivity index (χ0n) is 12.1. The molecule has 20 heavy (non-hydrogen) atoms. The summed E-state index contributed by atoms with van der Waals surface area (Å²) in [4.78, 5) is 19.0. The average Bonchev–Trinajstić information content (AvgIpc) is 2.84. The minimum atomic E-state index is -0.0530. The fourth-order valence-corrected chi connectivity index (χ4v) is 3.18. The maximum Gasteiger partial charge on any atom is 0.240 e. The number of amides is 1. The van der Waals surface area contributed by atoms with E-state index in [9.17, 15) is 4.79 Å². The summed E-state index contributed by atoms with van der Waals surface area (Å²) in [6.07, 6.45) is 6.06. The molecule has 3 heterocycles. The summed E-state index contributed by atoms with van der Waals surface area (Å²) >= 11 is 0. The first-order chi connectivity index (χ1) is 9.08. The number of halogens is 1. The van der Waals surface area contributed by atoms with Gasteiger partial charge in [-0.2, -0.15) is 0 Å². The Morgan fingerprint density at radius 3 is 3.00 bits per heavy atom. The van der Waals surface area contributed by atoms with E-state index < -0.39 is 0 Å². The van der Waals surface area contributed by atoms with Gasteiger partial charge in [-0.3, -0.25) is 4.79 Å². The smallest absolute Gasteiger partial charge is 0.240 e. The van der Waals surface area contributed by atoms with E-state index in [2.05, 4.69) is 28.7 Å². The molecular formula is C14H23ClN4O. The molecule has 5 nitrogen and oxygen atoms in total. The SMILES string of the molecule is CC1(C)CCCNC1C(=O)N1CCn2ccnc2C1.Cl. The Kier molecular flexibility index (Phi) is 4.39. The van der Waals surface area contributed by atoms with Crippen LogP contribution in [-0.4, -0.2) is 39.5 Å². The molecule has 1 unspecified atom stereocenters. The maximum atomic E-state index is 12.7. The van der Waals surface area contributed by atoms with Crippen LogP contribution in [0.25, 0.3) is 0 Å². The average molecular weight is 299 g/mol. The summed E-state index contributed by atoms with van der Waals surface area (Å²) in [5.41, 5.74) is 0.0439. The van der Waals surface area contributed by atoms with Gasteiger partial charge >= 0.3 is 0 Å². The Morgan fingerprint density at radius 2 is 2.25 bits per heavy atom. The largest absolute Gasteiger partial charge is 0.332 e. The first-order valence-corrected chi connectivity index (χ1v) is 7.10. The minimum Gasteiger partial charge on any atom is -0.332 e. The minimum absolute atomic E-state index is 0. The highest BCUT2D eigenvalue weighted by molar-refractivity contribution is 5.85. The molecule has 2 aliphatic rings. The van der Waals surface area contributed by atoms with Crippen molar-refractivity contribution in [3.05, 3.63) is 18.2 Å². The number of nitrogens with zero attached hydrogens (tertiary/aromatic N) is 3. The predicted octanol–water partition coefficient (Wildman–Crippen LogP) is 1.43. The van der Waals surface area contributed by atoms with E-state index in [1.165, 1.54) is 0 Å². The Morgan fingerprint density at radius 1 is 1.45 bits per heavy atom. The van der Waals surface area contributed by atoms with Gasteiger partial charge in [0.1, 0.15) is 5.82 Å². The fourth-order valence-electron chi connectivity index (χ4n) is 3.18. The highest BCUT2D eigenvalue weighted by Crippen LogP contribution is 2.31. The number of aromatic nitrogens is 2. The lowest BCUT2D eigenvalue weighted by molar-refractivity contribution is -0.139. The van der Waals surface area contributed by atoms with Gasteiger partial charge in [-0.25, -0.2) is 4.98 Å². The standard InChI is InChI=1S/C14H22N4O.ClH/c1-14(2)4-3-5-16-12(14)13(19)18-9-8-17-7-6-15-11(17)10-18;/h6-7,12,16H,3-5,8-10H2,1-2H3;1H. The van der Waals surface area contributed by atoms with E-state index in [0.717, 1.165) is 38.3 Å². The van der Waals surface area contributed by atoms with Crippen LogP contribution in [0.5, 0.6) is 0 Å². The maximum absolute atomic E-state index is 12.7. The lowest BCUT2D eigenvalue weighted by Gasteiger charge is -2.41. The molecule has 112 valence electrons. The van der Waals surface area contributed by atoms with Crippen molar-refractivity contribution in [1.29, 1.82) is 0 Å². The van der Waals surface area contributed by atoms with Crippen LogP contribution >= 0.6 is 12.4 Å². The van der Waals surface area contributed by atoms with E-state index in [4.69, 9.17) is 0 Å². The highest BCUT2D eigenvalue weighted by atomic mass is 35.5. The van der Waals surface area contributed by atoms with Crippen LogP contribution in [0.2, 0.25) is 0 Å². The van der Waals surface area contributed by atoms with Gasteiger partial charge in [-0.1, -0.05) is 13.8 Å². The van der Waals surface area contributed by atoms with E-state index in [-0.39, 0.29) is 29.8 Å². The van der Waals surface area contributed by atoms with E-state index >= 15 is 0 Å². The van der Waals surface area contributed by atoms with Gasteiger partial charge in [0.05, 0.1) is 12.6 Å². The predicted molar refractivity (Wildman–Crippen MR) is 79.7 cm³/mol. The summed E-state index contributed by atoms with van der Waals surface area (Å²) in [5.74, 6) is 1.23. The molecule has 0 aromatic carbocycles. The molecule has 0 aliphatic carbocycles. The summed E-state index contributed by atoms with van der Waals surface area (Å²) < 4.78 is 2.13. The van der Waals surface area contributed by atoms with Gasteiger partial charge in [0.15, 0.2) is 0 Å². The highest BCUT2D eigenvalue weighted by Gasteiger charge is 2.39. The van der Waals surface area contributed by atoms with Crippen molar-refractivity contribution in [2.45, 2.75) is 45.8 Å². The van der Waals surface area contributed by atoms with Crippen molar-refractivity contribution in [3.63, 3.8) is 0 Å². The second-order valence-corrected chi connectivity index (χ2v) is 6.28. The molecule has 1 N–H and O–H groups in total. The second kappa shape index (κ2) is 5.74. The first kappa shape index (κ1) is 15.3. The number of nitrogens with one attached hydrogen (secondary N) is 1. The van der Waals surface area contributed by atoms with Crippen molar-refractivity contribution >= 4 is 18.3 Å². The number of carbonyl (C=O) groups excluding carboxylic acids is 1. The van der Waals surface area contributed by atoms with E-state index in [1.807, 2.05) is 17.3 Å². The quantitative estimate of drug-likeness (QED) is 0.853. The molecule has 0 bridgehead atoms. The molecule has 6 heteroatoms. The Hall–Kier alpha value is -1.07. The molecule has 1 aromatic rings. The number of fused-ring (bicyclic) bond motifs is 1. The lowest BCUT2D eigenvalue weighted by Crippen LogP contribution is -2.57. The number of hydrogen-bond donors (Lipinski definition) is 1. The molecule has 2 aliphatic heterocycles. The first-order valence-electron chi connectivity index (χ1n) is 7.10. The summed E-state index contributed by atoms with van der Waals surface area (Å²) in [6.45, 7) is 7.60. The summed E-state index contributed by atoms with van der Waals surface area (Å²) in [5, 5.41) is 3.41. The third-order valence-corrected chi connectivity index (χ3v) is 4.43. The molecule has 0 saturated carbocycles. The van der Waals surface area contributed by atoms with Crippen molar-refractivity contribution in [1.82, 2.24) is 19.8 Å². The van der Waals surface area contributed by atoms with Crippen molar-refractivity contribution in [2.75, 3.05) is 13.1 Å². The number of carbonyl (C=O) groups is 1. The van der Waals surface area contributed by atoms with Crippen LogP contribution in [0.15, 0.2) is 12.4 Å². The van der Waals surface area contributed by atoms with Gasteiger partial charge < -0.3 is 14.8 Å². The van der Waals surface area contributed by atoms with E-state index in [1.54, 1.807) is 0 Å². The van der Waals surface area contributed by atoms with Gasteiger partial charge in [0, 0.05) is 25.5 Å². The zero-order valence-corrected chi connectivity index (χ0v) is 12.9. The molecular weight excluding hydrogens is 276 g/mol. The number of imidazole rings is 1.